The van der Waals surface area contributed by atoms with Crippen LogP contribution in [-0.2, 0) is 7.05 Å². The van der Waals surface area contributed by atoms with Gasteiger partial charge in [-0.05, 0) is 29.2 Å². The van der Waals surface area contributed by atoms with Gasteiger partial charge in [0.05, 0.1) is 10.5 Å². The van der Waals surface area contributed by atoms with Crippen molar-refractivity contribution < 1.29 is 4.39 Å². The molecule has 0 aliphatic heterocycles. The summed E-state index contributed by atoms with van der Waals surface area (Å²) in [6.45, 7) is 8.30. The molecule has 1 N–H and O–H groups in total. The third-order valence-electron chi connectivity index (χ3n) is 5.15. The molecule has 146 valence electrons. The molecule has 0 bridgehead atoms. The quantitative estimate of drug-likeness (QED) is 0.342. The molecule has 2 heterocycles. The zero-order valence-corrected chi connectivity index (χ0v) is 17.8. The number of halogens is 2. The van der Waals surface area contributed by atoms with Gasteiger partial charge in [0.1, 0.15) is 5.82 Å². The van der Waals surface area contributed by atoms with E-state index >= 15 is 0 Å². The van der Waals surface area contributed by atoms with Crippen LogP contribution in [0.4, 0.5) is 4.39 Å². The van der Waals surface area contributed by atoms with Crippen LogP contribution in [-0.4, -0.2) is 11.6 Å². The predicted octanol–water partition coefficient (Wildman–Crippen LogP) is 7.02. The van der Waals surface area contributed by atoms with Gasteiger partial charge < -0.3 is 9.88 Å². The Morgan fingerprint density at radius 3 is 2.69 bits per heavy atom. The summed E-state index contributed by atoms with van der Waals surface area (Å²) in [4.78, 5) is 0. The van der Waals surface area contributed by atoms with E-state index in [2.05, 4.69) is 36.0 Å². The number of thiophene rings is 1. The number of benzene rings is 2. The van der Waals surface area contributed by atoms with Gasteiger partial charge in [-0.3, -0.25) is 0 Å². The van der Waals surface area contributed by atoms with Crippen LogP contribution in [0.15, 0.2) is 72.9 Å². The summed E-state index contributed by atoms with van der Waals surface area (Å²) in [7, 11) is 3.75. The summed E-state index contributed by atoms with van der Waals surface area (Å²) in [6.07, 6.45) is 3.83. The standard InChI is InChI=1S/C24H20ClFN2S/c1-5-15(19-13-29-23-9-7-6-8-16(19)23)24(14(2)27-3)18-12-28(4)22-11-20(25)21(26)10-17(18)22/h5-13,27H,1-2H2,3-4H3/b24-15-. The molecule has 2 aromatic carbocycles. The van der Waals surface area contributed by atoms with Gasteiger partial charge in [-0.25, -0.2) is 4.39 Å². The molecule has 0 aliphatic rings. The number of fused-ring (bicyclic) bond motifs is 2. The van der Waals surface area contributed by atoms with Crippen LogP contribution in [0.1, 0.15) is 11.1 Å². The summed E-state index contributed by atoms with van der Waals surface area (Å²) in [5.41, 5.74) is 5.38. The van der Waals surface area contributed by atoms with Gasteiger partial charge in [0, 0.05) is 58.2 Å². The topological polar surface area (TPSA) is 17.0 Å². The normalized spacial score (nSPS) is 12.3. The largest absolute Gasteiger partial charge is 0.388 e. The van der Waals surface area contributed by atoms with Crippen LogP contribution in [0, 0.1) is 5.82 Å². The second-order valence-corrected chi connectivity index (χ2v) is 8.12. The maximum absolute atomic E-state index is 14.3. The smallest absolute Gasteiger partial charge is 0.142 e. The second kappa shape index (κ2) is 7.54. The van der Waals surface area contributed by atoms with Gasteiger partial charge in [-0.1, -0.05) is 49.0 Å². The highest BCUT2D eigenvalue weighted by atomic mass is 35.5. The Morgan fingerprint density at radius 1 is 1.21 bits per heavy atom. The van der Waals surface area contributed by atoms with Crippen LogP contribution >= 0.6 is 22.9 Å². The highest BCUT2D eigenvalue weighted by Gasteiger charge is 2.20. The van der Waals surface area contributed by atoms with Crippen molar-refractivity contribution in [1.29, 1.82) is 0 Å². The summed E-state index contributed by atoms with van der Waals surface area (Å²) in [6, 6.07) is 11.4. The third kappa shape index (κ3) is 3.18. The average molecular weight is 423 g/mol. The predicted molar refractivity (Wildman–Crippen MR) is 125 cm³/mol. The summed E-state index contributed by atoms with van der Waals surface area (Å²) >= 11 is 7.72. The molecule has 0 aliphatic carbocycles. The highest BCUT2D eigenvalue weighted by molar-refractivity contribution is 7.17. The van der Waals surface area contributed by atoms with E-state index < -0.39 is 5.82 Å². The number of nitrogens with zero attached hydrogens (tertiary/aromatic N) is 1. The molecule has 0 fully saturated rings. The minimum atomic E-state index is -0.442. The van der Waals surface area contributed by atoms with E-state index in [1.807, 2.05) is 43.1 Å². The Kier molecular flexibility index (Phi) is 5.07. The average Bonchev–Trinajstić information content (AvgIpc) is 3.28. The van der Waals surface area contributed by atoms with Gasteiger partial charge in [0.25, 0.3) is 0 Å². The lowest BCUT2D eigenvalue weighted by molar-refractivity contribution is 0.630. The Bertz CT molecular complexity index is 1310. The number of hydrogen-bond donors (Lipinski definition) is 1. The number of likely N-dealkylation sites (N-methyl/N-ethyl adjacent to an activating group) is 1. The highest BCUT2D eigenvalue weighted by Crippen LogP contribution is 2.40. The fraction of sp³-hybridized carbons (Fsp3) is 0.0833. The summed E-state index contributed by atoms with van der Waals surface area (Å²) in [5.74, 6) is -0.442. The molecule has 0 saturated heterocycles. The monoisotopic (exact) mass is 422 g/mol. The molecule has 0 spiro atoms. The molecule has 0 saturated carbocycles. The van der Waals surface area contributed by atoms with Crippen molar-refractivity contribution in [2.75, 3.05) is 7.05 Å². The maximum atomic E-state index is 14.3. The molecule has 0 unspecified atom stereocenters. The first-order valence-electron chi connectivity index (χ1n) is 9.11. The number of allylic oxidation sites excluding steroid dienone is 3. The second-order valence-electron chi connectivity index (χ2n) is 6.80. The number of aromatic nitrogens is 1. The lowest BCUT2D eigenvalue weighted by Crippen LogP contribution is -2.08. The molecule has 29 heavy (non-hydrogen) atoms. The molecule has 0 amide bonds. The number of nitrogens with one attached hydrogen (secondary N) is 1. The van der Waals surface area contributed by atoms with Crippen molar-refractivity contribution in [2.45, 2.75) is 0 Å². The van der Waals surface area contributed by atoms with Gasteiger partial charge in [-0.15, -0.1) is 11.3 Å². The lowest BCUT2D eigenvalue weighted by Gasteiger charge is -2.15. The molecule has 0 radical (unpaired) electrons. The van der Waals surface area contributed by atoms with E-state index in [1.54, 1.807) is 17.4 Å². The van der Waals surface area contributed by atoms with E-state index in [0.29, 0.717) is 0 Å². The lowest BCUT2D eigenvalue weighted by atomic mass is 9.92. The molecule has 2 aromatic heterocycles. The summed E-state index contributed by atoms with van der Waals surface area (Å²) in [5, 5.41) is 7.34. The zero-order chi connectivity index (χ0) is 20.7. The van der Waals surface area contributed by atoms with E-state index in [0.717, 1.165) is 44.3 Å². The van der Waals surface area contributed by atoms with Gasteiger partial charge in [-0.2, -0.15) is 0 Å². The van der Waals surface area contributed by atoms with Crippen LogP contribution in [0.25, 0.3) is 32.1 Å². The van der Waals surface area contributed by atoms with Crippen molar-refractivity contribution in [2.24, 2.45) is 7.05 Å². The van der Waals surface area contributed by atoms with Crippen molar-refractivity contribution in [3.8, 4) is 0 Å². The molecule has 0 atom stereocenters. The SMILES string of the molecule is C=C/C(=C(\C(=C)NC)c1cn(C)c2cc(Cl)c(F)cc12)c1csc2ccccc12. The fourth-order valence-corrected chi connectivity index (χ4v) is 4.82. The number of hydrogen-bond acceptors (Lipinski definition) is 2. The Hall–Kier alpha value is -2.82. The maximum Gasteiger partial charge on any atom is 0.142 e. The van der Waals surface area contributed by atoms with Crippen molar-refractivity contribution >= 4 is 55.1 Å². The van der Waals surface area contributed by atoms with Crippen LogP contribution in [0.2, 0.25) is 5.02 Å². The van der Waals surface area contributed by atoms with Crippen molar-refractivity contribution in [3.05, 3.63) is 94.9 Å². The molecule has 4 rings (SSSR count). The molecule has 4 aromatic rings. The fourth-order valence-electron chi connectivity index (χ4n) is 3.70. The van der Waals surface area contributed by atoms with E-state index in [1.165, 1.54) is 10.8 Å². The molecule has 2 nitrogen and oxygen atoms in total. The Balaban J connectivity index is 2.10. The first-order valence-corrected chi connectivity index (χ1v) is 10.4. The first-order chi connectivity index (χ1) is 14.0. The minimum absolute atomic E-state index is 0.107. The van der Waals surface area contributed by atoms with Crippen LogP contribution in [0.3, 0.4) is 0 Å². The van der Waals surface area contributed by atoms with E-state index in [-0.39, 0.29) is 5.02 Å². The Labute approximate surface area is 178 Å². The summed E-state index contributed by atoms with van der Waals surface area (Å²) < 4.78 is 17.5. The van der Waals surface area contributed by atoms with E-state index in [4.69, 9.17) is 11.6 Å². The minimum Gasteiger partial charge on any atom is -0.388 e. The number of aryl methyl sites for hydroxylation is 1. The molecular weight excluding hydrogens is 403 g/mol. The van der Waals surface area contributed by atoms with Crippen LogP contribution < -0.4 is 5.32 Å². The van der Waals surface area contributed by atoms with Gasteiger partial charge >= 0.3 is 0 Å². The van der Waals surface area contributed by atoms with Gasteiger partial charge in [0.2, 0.25) is 0 Å². The van der Waals surface area contributed by atoms with Gasteiger partial charge in [0.15, 0.2) is 0 Å². The van der Waals surface area contributed by atoms with Crippen molar-refractivity contribution in [1.82, 2.24) is 9.88 Å². The Morgan fingerprint density at radius 2 is 1.97 bits per heavy atom. The van der Waals surface area contributed by atoms with E-state index in [9.17, 15) is 4.39 Å². The zero-order valence-electron chi connectivity index (χ0n) is 16.2. The molecule has 5 heteroatoms. The number of rotatable bonds is 5. The third-order valence-corrected chi connectivity index (χ3v) is 6.40. The first kappa shape index (κ1) is 19.5. The molecular formula is C24H20ClFN2S. The van der Waals surface area contributed by atoms with Crippen molar-refractivity contribution in [3.63, 3.8) is 0 Å². The van der Waals surface area contributed by atoms with Crippen LogP contribution in [0.5, 0.6) is 0 Å².